The van der Waals surface area contributed by atoms with E-state index < -0.39 is 17.7 Å². The molecule has 0 radical (unpaired) electrons. The van der Waals surface area contributed by atoms with Crippen molar-refractivity contribution in [3.8, 4) is 5.75 Å². The minimum Gasteiger partial charge on any atom is -0.494 e. The van der Waals surface area contributed by atoms with Gasteiger partial charge in [-0.1, -0.05) is 19.1 Å². The molecule has 0 saturated carbocycles. The molecule has 0 aromatic heterocycles. The van der Waals surface area contributed by atoms with E-state index in [-0.39, 0.29) is 5.56 Å². The van der Waals surface area contributed by atoms with Crippen LogP contribution in [0.1, 0.15) is 30.5 Å². The van der Waals surface area contributed by atoms with E-state index in [0.29, 0.717) is 17.9 Å². The Balaban J connectivity index is 2.28. The summed E-state index contributed by atoms with van der Waals surface area (Å²) in [5.41, 5.74) is 6.84. The van der Waals surface area contributed by atoms with Gasteiger partial charge in [-0.2, -0.15) is 0 Å². The van der Waals surface area contributed by atoms with Gasteiger partial charge in [-0.3, -0.25) is 0 Å². The monoisotopic (exact) mass is 277 g/mol. The third-order valence-electron chi connectivity index (χ3n) is 2.98. The highest BCUT2D eigenvalue weighted by Crippen LogP contribution is 2.25. The quantitative estimate of drug-likeness (QED) is 0.902. The predicted molar refractivity (Wildman–Crippen MR) is 74.6 cm³/mol. The highest BCUT2D eigenvalue weighted by molar-refractivity contribution is 5.37. The molecule has 0 aliphatic rings. The fourth-order valence-electron chi connectivity index (χ4n) is 1.95. The van der Waals surface area contributed by atoms with Crippen LogP contribution >= 0.6 is 0 Å². The van der Waals surface area contributed by atoms with Crippen LogP contribution in [-0.4, -0.2) is 6.61 Å². The Morgan fingerprint density at radius 3 is 2.70 bits per heavy atom. The first kappa shape index (κ1) is 14.5. The van der Waals surface area contributed by atoms with E-state index in [2.05, 4.69) is 0 Å². The molecule has 1 unspecified atom stereocenters. The van der Waals surface area contributed by atoms with Crippen LogP contribution in [-0.2, 0) is 0 Å². The van der Waals surface area contributed by atoms with Gasteiger partial charge in [-0.05, 0) is 42.3 Å². The maximum atomic E-state index is 13.7. The second-order valence-electron chi connectivity index (χ2n) is 4.56. The zero-order chi connectivity index (χ0) is 14.5. The summed E-state index contributed by atoms with van der Waals surface area (Å²) >= 11 is 0. The molecule has 2 aromatic carbocycles. The average molecular weight is 277 g/mol. The SMILES string of the molecule is CCCOc1cccc(C(N)c2cc(F)ccc2F)c1. The lowest BCUT2D eigenvalue weighted by atomic mass is 9.99. The third kappa shape index (κ3) is 3.33. The first-order valence-corrected chi connectivity index (χ1v) is 6.55. The summed E-state index contributed by atoms with van der Waals surface area (Å²) in [7, 11) is 0. The summed E-state index contributed by atoms with van der Waals surface area (Å²) in [6.07, 6.45) is 0.898. The molecule has 106 valence electrons. The van der Waals surface area contributed by atoms with Crippen LogP contribution in [0.4, 0.5) is 8.78 Å². The summed E-state index contributed by atoms with van der Waals surface area (Å²) < 4.78 is 32.5. The van der Waals surface area contributed by atoms with Gasteiger partial charge in [0.2, 0.25) is 0 Å². The summed E-state index contributed by atoms with van der Waals surface area (Å²) in [4.78, 5) is 0. The zero-order valence-electron chi connectivity index (χ0n) is 11.3. The van der Waals surface area contributed by atoms with Crippen molar-refractivity contribution in [3.05, 3.63) is 65.2 Å². The molecule has 2 aromatic rings. The number of ether oxygens (including phenoxy) is 1. The summed E-state index contributed by atoms with van der Waals surface area (Å²) in [6, 6.07) is 9.69. The molecule has 4 heteroatoms. The molecule has 0 bridgehead atoms. The Hall–Kier alpha value is -1.94. The molecule has 20 heavy (non-hydrogen) atoms. The van der Waals surface area contributed by atoms with Crippen molar-refractivity contribution >= 4 is 0 Å². The zero-order valence-corrected chi connectivity index (χ0v) is 11.3. The standard InChI is InChI=1S/C16H17F2NO/c1-2-8-20-13-5-3-4-11(9-13)16(19)14-10-12(17)6-7-15(14)18/h3-7,9-10,16H,2,8,19H2,1H3. The van der Waals surface area contributed by atoms with E-state index in [4.69, 9.17) is 10.5 Å². The minimum atomic E-state index is -0.726. The first-order chi connectivity index (χ1) is 9.61. The number of benzene rings is 2. The van der Waals surface area contributed by atoms with Crippen molar-refractivity contribution in [3.63, 3.8) is 0 Å². The number of hydrogen-bond donors (Lipinski definition) is 1. The van der Waals surface area contributed by atoms with Gasteiger partial charge in [0.25, 0.3) is 0 Å². The van der Waals surface area contributed by atoms with E-state index in [0.717, 1.165) is 24.6 Å². The number of rotatable bonds is 5. The molecule has 1 atom stereocenters. The Morgan fingerprint density at radius 2 is 1.95 bits per heavy atom. The van der Waals surface area contributed by atoms with Crippen molar-refractivity contribution in [2.24, 2.45) is 5.73 Å². The Kier molecular flexibility index (Phi) is 4.69. The van der Waals surface area contributed by atoms with Gasteiger partial charge in [0, 0.05) is 5.56 Å². The Bertz CT molecular complexity index is 586. The molecule has 0 fully saturated rings. The number of hydrogen-bond acceptors (Lipinski definition) is 2. The van der Waals surface area contributed by atoms with Crippen LogP contribution in [0.2, 0.25) is 0 Å². The molecule has 0 spiro atoms. The predicted octanol–water partition coefficient (Wildman–Crippen LogP) is 3.80. The fourth-order valence-corrected chi connectivity index (χ4v) is 1.95. The van der Waals surface area contributed by atoms with E-state index in [1.165, 1.54) is 0 Å². The van der Waals surface area contributed by atoms with E-state index >= 15 is 0 Å². The van der Waals surface area contributed by atoms with Crippen LogP contribution < -0.4 is 10.5 Å². The molecule has 0 heterocycles. The molecular formula is C16H17F2NO. The average Bonchev–Trinajstić information content (AvgIpc) is 2.47. The van der Waals surface area contributed by atoms with E-state index in [1.807, 2.05) is 13.0 Å². The van der Waals surface area contributed by atoms with E-state index in [9.17, 15) is 8.78 Å². The van der Waals surface area contributed by atoms with Crippen molar-refractivity contribution < 1.29 is 13.5 Å². The van der Waals surface area contributed by atoms with Gasteiger partial charge in [0.1, 0.15) is 17.4 Å². The smallest absolute Gasteiger partial charge is 0.128 e. The second kappa shape index (κ2) is 6.48. The van der Waals surface area contributed by atoms with Crippen molar-refractivity contribution in [2.75, 3.05) is 6.61 Å². The Labute approximate surface area is 117 Å². The van der Waals surface area contributed by atoms with Gasteiger partial charge in [-0.15, -0.1) is 0 Å². The lowest BCUT2D eigenvalue weighted by Gasteiger charge is -2.15. The van der Waals surface area contributed by atoms with Crippen LogP contribution in [0, 0.1) is 11.6 Å². The summed E-state index contributed by atoms with van der Waals surface area (Å²) in [6.45, 7) is 2.62. The molecule has 0 saturated heterocycles. The second-order valence-corrected chi connectivity index (χ2v) is 4.56. The summed E-state index contributed by atoms with van der Waals surface area (Å²) in [5, 5.41) is 0. The minimum absolute atomic E-state index is 0.137. The molecule has 2 rings (SSSR count). The maximum absolute atomic E-state index is 13.7. The van der Waals surface area contributed by atoms with Gasteiger partial charge in [-0.25, -0.2) is 8.78 Å². The number of nitrogens with two attached hydrogens (primary N) is 1. The topological polar surface area (TPSA) is 35.2 Å². The van der Waals surface area contributed by atoms with Crippen molar-refractivity contribution in [1.82, 2.24) is 0 Å². The van der Waals surface area contributed by atoms with Crippen molar-refractivity contribution in [2.45, 2.75) is 19.4 Å². The van der Waals surface area contributed by atoms with Gasteiger partial charge < -0.3 is 10.5 Å². The van der Waals surface area contributed by atoms with Gasteiger partial charge in [0.15, 0.2) is 0 Å². The van der Waals surface area contributed by atoms with Crippen LogP contribution in [0.5, 0.6) is 5.75 Å². The molecule has 0 aliphatic carbocycles. The van der Waals surface area contributed by atoms with Gasteiger partial charge >= 0.3 is 0 Å². The van der Waals surface area contributed by atoms with Crippen LogP contribution in [0.15, 0.2) is 42.5 Å². The maximum Gasteiger partial charge on any atom is 0.128 e. The third-order valence-corrected chi connectivity index (χ3v) is 2.98. The first-order valence-electron chi connectivity index (χ1n) is 6.55. The van der Waals surface area contributed by atoms with Crippen LogP contribution in [0.25, 0.3) is 0 Å². The molecular weight excluding hydrogens is 260 g/mol. The van der Waals surface area contributed by atoms with Crippen molar-refractivity contribution in [1.29, 1.82) is 0 Å². The largest absolute Gasteiger partial charge is 0.494 e. The lowest BCUT2D eigenvalue weighted by Crippen LogP contribution is -2.14. The van der Waals surface area contributed by atoms with E-state index in [1.54, 1.807) is 18.2 Å². The van der Waals surface area contributed by atoms with Crippen LogP contribution in [0.3, 0.4) is 0 Å². The highest BCUT2D eigenvalue weighted by Gasteiger charge is 2.15. The summed E-state index contributed by atoms with van der Waals surface area (Å²) in [5.74, 6) is -0.342. The highest BCUT2D eigenvalue weighted by atomic mass is 19.1. The molecule has 0 aliphatic heterocycles. The molecule has 0 amide bonds. The number of halogens is 2. The lowest BCUT2D eigenvalue weighted by molar-refractivity contribution is 0.317. The normalized spacial score (nSPS) is 12.2. The molecule has 2 nitrogen and oxygen atoms in total. The molecule has 2 N–H and O–H groups in total. The Morgan fingerprint density at radius 1 is 1.15 bits per heavy atom. The fraction of sp³-hybridized carbons (Fsp3) is 0.250. The van der Waals surface area contributed by atoms with Gasteiger partial charge in [0.05, 0.1) is 12.6 Å².